The average Bonchev–Trinajstić information content (AvgIpc) is 2.13. The lowest BCUT2D eigenvalue weighted by molar-refractivity contribution is -0.120. The van der Waals surface area contributed by atoms with Crippen LogP contribution < -0.4 is 10.6 Å². The first-order valence-electron chi connectivity index (χ1n) is 5.39. The predicted molar refractivity (Wildman–Crippen MR) is 62.1 cm³/mol. The molecule has 2 amide bonds. The van der Waals surface area contributed by atoms with E-state index in [1.807, 2.05) is 20.8 Å². The molecule has 0 aromatic carbocycles. The lowest BCUT2D eigenvalue weighted by Crippen LogP contribution is -2.43. The van der Waals surface area contributed by atoms with Gasteiger partial charge in [0.25, 0.3) is 0 Å². The van der Waals surface area contributed by atoms with Gasteiger partial charge in [0.1, 0.15) is 0 Å². The summed E-state index contributed by atoms with van der Waals surface area (Å²) in [7, 11) is 1.51. The molecule has 5 nitrogen and oxygen atoms in total. The smallest absolute Gasteiger partial charge is 0.406 e. The molecule has 0 saturated carbocycles. The summed E-state index contributed by atoms with van der Waals surface area (Å²) in [5.74, 6) is -0.0696. The van der Waals surface area contributed by atoms with E-state index in [0.29, 0.717) is 13.0 Å². The molecule has 0 radical (unpaired) electrons. The van der Waals surface area contributed by atoms with Crippen LogP contribution in [-0.4, -0.2) is 31.7 Å². The van der Waals surface area contributed by atoms with Gasteiger partial charge in [0, 0.05) is 26.4 Å². The van der Waals surface area contributed by atoms with E-state index in [9.17, 15) is 9.59 Å². The second-order valence-electron chi connectivity index (χ2n) is 4.79. The van der Waals surface area contributed by atoms with Crippen molar-refractivity contribution in [3.63, 3.8) is 0 Å². The fourth-order valence-corrected chi connectivity index (χ4v) is 1.31. The first-order chi connectivity index (χ1) is 7.27. The Balaban J connectivity index is 4.13. The molecule has 0 aliphatic carbocycles. The van der Waals surface area contributed by atoms with Crippen molar-refractivity contribution in [3.8, 4) is 0 Å². The van der Waals surface area contributed by atoms with Crippen LogP contribution in [0.5, 0.6) is 0 Å². The molecule has 0 aliphatic rings. The SMILES string of the molecule is CNC(=O)OCCC(NC(C)=O)C(C)(C)C. The first kappa shape index (κ1) is 14.7. The summed E-state index contributed by atoms with van der Waals surface area (Å²) in [5, 5.41) is 5.23. The van der Waals surface area contributed by atoms with Crippen LogP contribution in [0.2, 0.25) is 0 Å². The Morgan fingerprint density at radius 1 is 1.31 bits per heavy atom. The Morgan fingerprint density at radius 2 is 1.88 bits per heavy atom. The molecular formula is C11H22N2O3. The highest BCUT2D eigenvalue weighted by atomic mass is 16.5. The standard InChI is InChI=1S/C11H22N2O3/c1-8(14)13-9(11(2,3)4)6-7-16-10(15)12-5/h9H,6-7H2,1-5H3,(H,12,15)(H,13,14). The number of nitrogens with one attached hydrogen (secondary N) is 2. The molecule has 2 N–H and O–H groups in total. The lowest BCUT2D eigenvalue weighted by atomic mass is 9.85. The Morgan fingerprint density at radius 3 is 2.25 bits per heavy atom. The fraction of sp³-hybridized carbons (Fsp3) is 0.818. The number of amides is 2. The third-order valence-electron chi connectivity index (χ3n) is 2.27. The van der Waals surface area contributed by atoms with Crippen molar-refractivity contribution in [1.29, 1.82) is 0 Å². The second kappa shape index (κ2) is 6.35. The molecule has 0 spiro atoms. The normalized spacial score (nSPS) is 12.8. The van der Waals surface area contributed by atoms with Gasteiger partial charge in [-0.25, -0.2) is 4.79 Å². The summed E-state index contributed by atoms with van der Waals surface area (Å²) in [6, 6.07) is -0.00495. The molecular weight excluding hydrogens is 208 g/mol. The topological polar surface area (TPSA) is 67.4 Å². The number of rotatable bonds is 4. The highest BCUT2D eigenvalue weighted by molar-refractivity contribution is 5.73. The maximum atomic E-state index is 11.0. The van der Waals surface area contributed by atoms with Gasteiger partial charge in [-0.2, -0.15) is 0 Å². The minimum Gasteiger partial charge on any atom is -0.449 e. The molecule has 16 heavy (non-hydrogen) atoms. The van der Waals surface area contributed by atoms with Crippen LogP contribution in [0.1, 0.15) is 34.1 Å². The van der Waals surface area contributed by atoms with E-state index >= 15 is 0 Å². The van der Waals surface area contributed by atoms with Gasteiger partial charge < -0.3 is 15.4 Å². The highest BCUT2D eigenvalue weighted by Crippen LogP contribution is 2.21. The summed E-state index contributed by atoms with van der Waals surface area (Å²) >= 11 is 0. The summed E-state index contributed by atoms with van der Waals surface area (Å²) in [4.78, 5) is 21.9. The molecule has 0 rings (SSSR count). The van der Waals surface area contributed by atoms with E-state index in [4.69, 9.17) is 4.74 Å². The minimum absolute atomic E-state index is 0.00495. The predicted octanol–water partition coefficient (Wildman–Crippen LogP) is 1.28. The third kappa shape index (κ3) is 6.27. The monoisotopic (exact) mass is 230 g/mol. The van der Waals surface area contributed by atoms with E-state index in [2.05, 4.69) is 10.6 Å². The van der Waals surface area contributed by atoms with Gasteiger partial charge in [0.2, 0.25) is 5.91 Å². The number of hydrogen-bond donors (Lipinski definition) is 2. The van der Waals surface area contributed by atoms with E-state index in [-0.39, 0.29) is 17.4 Å². The minimum atomic E-state index is -0.449. The lowest BCUT2D eigenvalue weighted by Gasteiger charge is -2.31. The largest absolute Gasteiger partial charge is 0.449 e. The van der Waals surface area contributed by atoms with Crippen LogP contribution in [0.15, 0.2) is 0 Å². The van der Waals surface area contributed by atoms with Gasteiger partial charge in [-0.05, 0) is 5.41 Å². The van der Waals surface area contributed by atoms with Gasteiger partial charge in [0.15, 0.2) is 0 Å². The van der Waals surface area contributed by atoms with E-state index in [0.717, 1.165) is 0 Å². The molecule has 1 unspecified atom stereocenters. The van der Waals surface area contributed by atoms with Crippen molar-refractivity contribution >= 4 is 12.0 Å². The number of alkyl carbamates (subject to hydrolysis) is 1. The van der Waals surface area contributed by atoms with Gasteiger partial charge in [-0.1, -0.05) is 20.8 Å². The molecule has 0 aliphatic heterocycles. The number of carbonyl (C=O) groups is 2. The molecule has 0 aromatic heterocycles. The van der Waals surface area contributed by atoms with Crippen LogP contribution in [-0.2, 0) is 9.53 Å². The zero-order valence-corrected chi connectivity index (χ0v) is 10.7. The van der Waals surface area contributed by atoms with E-state index in [1.165, 1.54) is 14.0 Å². The van der Waals surface area contributed by atoms with Crippen LogP contribution in [0.3, 0.4) is 0 Å². The molecule has 0 aromatic rings. The van der Waals surface area contributed by atoms with Crippen molar-refractivity contribution in [1.82, 2.24) is 10.6 Å². The fourth-order valence-electron chi connectivity index (χ4n) is 1.31. The third-order valence-corrected chi connectivity index (χ3v) is 2.27. The van der Waals surface area contributed by atoms with Gasteiger partial charge in [0.05, 0.1) is 6.61 Å². The summed E-state index contributed by atoms with van der Waals surface area (Å²) < 4.78 is 4.90. The molecule has 1 atom stereocenters. The van der Waals surface area contributed by atoms with E-state index < -0.39 is 6.09 Å². The van der Waals surface area contributed by atoms with Crippen molar-refractivity contribution < 1.29 is 14.3 Å². The Labute approximate surface area is 96.9 Å². The van der Waals surface area contributed by atoms with Crippen LogP contribution in [0.4, 0.5) is 4.79 Å². The highest BCUT2D eigenvalue weighted by Gasteiger charge is 2.25. The molecule has 0 fully saturated rings. The van der Waals surface area contributed by atoms with E-state index in [1.54, 1.807) is 0 Å². The summed E-state index contributed by atoms with van der Waals surface area (Å²) in [6.07, 6.45) is 0.159. The van der Waals surface area contributed by atoms with Crippen molar-refractivity contribution in [2.75, 3.05) is 13.7 Å². The number of hydrogen-bond acceptors (Lipinski definition) is 3. The second-order valence-corrected chi connectivity index (χ2v) is 4.79. The molecule has 0 bridgehead atoms. The van der Waals surface area contributed by atoms with Crippen LogP contribution in [0.25, 0.3) is 0 Å². The van der Waals surface area contributed by atoms with Gasteiger partial charge in [-0.3, -0.25) is 4.79 Å². The summed E-state index contributed by atoms with van der Waals surface area (Å²) in [5.41, 5.74) is -0.0578. The Bertz CT molecular complexity index is 246. The number of carbonyl (C=O) groups excluding carboxylic acids is 2. The molecule has 5 heteroatoms. The van der Waals surface area contributed by atoms with Gasteiger partial charge in [-0.15, -0.1) is 0 Å². The maximum absolute atomic E-state index is 11.0. The first-order valence-corrected chi connectivity index (χ1v) is 5.39. The van der Waals surface area contributed by atoms with Gasteiger partial charge >= 0.3 is 6.09 Å². The van der Waals surface area contributed by atoms with Crippen LogP contribution >= 0.6 is 0 Å². The average molecular weight is 230 g/mol. The Hall–Kier alpha value is -1.26. The molecule has 94 valence electrons. The molecule has 0 heterocycles. The quantitative estimate of drug-likeness (QED) is 0.764. The number of ether oxygens (including phenoxy) is 1. The van der Waals surface area contributed by atoms with Crippen molar-refractivity contribution in [3.05, 3.63) is 0 Å². The Kier molecular flexibility index (Phi) is 5.85. The van der Waals surface area contributed by atoms with Crippen LogP contribution in [0, 0.1) is 5.41 Å². The summed E-state index contributed by atoms with van der Waals surface area (Å²) in [6.45, 7) is 7.88. The zero-order chi connectivity index (χ0) is 12.8. The zero-order valence-electron chi connectivity index (χ0n) is 10.7. The van der Waals surface area contributed by atoms with Crippen molar-refractivity contribution in [2.24, 2.45) is 5.41 Å². The molecule has 0 saturated heterocycles. The maximum Gasteiger partial charge on any atom is 0.406 e. The van der Waals surface area contributed by atoms with Crippen molar-refractivity contribution in [2.45, 2.75) is 40.2 Å².